The largest absolute Gasteiger partial charge is 0.493 e. The fraction of sp³-hybridized carbons (Fsp3) is 0.238. The van der Waals surface area contributed by atoms with E-state index in [0.717, 1.165) is 16.7 Å². The van der Waals surface area contributed by atoms with Gasteiger partial charge in [0, 0.05) is 31.0 Å². The zero-order chi connectivity index (χ0) is 21.5. The third-order valence-corrected chi connectivity index (χ3v) is 5.13. The molecule has 1 aliphatic heterocycles. The summed E-state index contributed by atoms with van der Waals surface area (Å²) in [6, 6.07) is 8.46. The van der Waals surface area contributed by atoms with Gasteiger partial charge in [-0.3, -0.25) is 24.3 Å². The number of carbonyl (C=O) groups is 3. The highest BCUT2D eigenvalue weighted by molar-refractivity contribution is 8.18. The van der Waals surface area contributed by atoms with Crippen LogP contribution in [0.2, 0.25) is 0 Å². The number of hydrogen-bond donors (Lipinski definition) is 1. The first kappa shape index (κ1) is 21.4. The van der Waals surface area contributed by atoms with E-state index >= 15 is 0 Å². The number of benzene rings is 1. The van der Waals surface area contributed by atoms with Gasteiger partial charge in [0.1, 0.15) is 0 Å². The molecule has 1 aliphatic rings. The average molecular weight is 427 g/mol. The summed E-state index contributed by atoms with van der Waals surface area (Å²) in [6.07, 6.45) is 4.68. The van der Waals surface area contributed by atoms with Crippen molar-refractivity contribution in [3.63, 3.8) is 0 Å². The van der Waals surface area contributed by atoms with Crippen molar-refractivity contribution >= 4 is 34.9 Å². The summed E-state index contributed by atoms with van der Waals surface area (Å²) in [7, 11) is 1.54. The number of pyridine rings is 1. The Morgan fingerprint density at radius 2 is 1.97 bits per heavy atom. The minimum Gasteiger partial charge on any atom is -0.493 e. The van der Waals surface area contributed by atoms with Crippen LogP contribution < -0.4 is 14.8 Å². The molecule has 0 aliphatic carbocycles. The van der Waals surface area contributed by atoms with Crippen LogP contribution in [-0.4, -0.2) is 53.7 Å². The standard InChI is InChI=1S/C21H21N3O5S/c1-3-29-16-5-4-14(12-17(16)28-2)13-18-20(26)24(21(27)30-18)11-10-23-19(25)15-6-8-22-9-7-15/h4-9,12-13H,3,10-11H2,1-2H3,(H,23,25). The number of ether oxygens (including phenoxy) is 2. The summed E-state index contributed by atoms with van der Waals surface area (Å²) in [5.41, 5.74) is 1.18. The second-order valence-electron chi connectivity index (χ2n) is 6.17. The molecule has 2 heterocycles. The molecule has 156 valence electrons. The molecular formula is C21H21N3O5S. The Labute approximate surface area is 178 Å². The second-order valence-corrected chi connectivity index (χ2v) is 7.16. The number of amides is 3. The van der Waals surface area contributed by atoms with Gasteiger partial charge in [-0.15, -0.1) is 0 Å². The minimum atomic E-state index is -0.393. The Balaban J connectivity index is 1.63. The van der Waals surface area contributed by atoms with Crippen molar-refractivity contribution in [2.75, 3.05) is 26.8 Å². The summed E-state index contributed by atoms with van der Waals surface area (Å²) in [5, 5.41) is 2.32. The Bertz CT molecular complexity index is 978. The molecule has 1 N–H and O–H groups in total. The maximum absolute atomic E-state index is 12.6. The molecule has 1 aromatic heterocycles. The molecule has 9 heteroatoms. The first-order chi connectivity index (χ1) is 14.5. The van der Waals surface area contributed by atoms with Crippen LogP contribution in [0, 0.1) is 0 Å². The van der Waals surface area contributed by atoms with Gasteiger partial charge in [-0.25, -0.2) is 0 Å². The summed E-state index contributed by atoms with van der Waals surface area (Å²) >= 11 is 0.865. The summed E-state index contributed by atoms with van der Waals surface area (Å²) < 4.78 is 10.8. The highest BCUT2D eigenvalue weighted by Gasteiger charge is 2.34. The van der Waals surface area contributed by atoms with Gasteiger partial charge in [-0.05, 0) is 54.6 Å². The zero-order valence-electron chi connectivity index (χ0n) is 16.6. The maximum atomic E-state index is 12.6. The maximum Gasteiger partial charge on any atom is 0.293 e. The normalized spacial score (nSPS) is 14.9. The Morgan fingerprint density at radius 1 is 1.20 bits per heavy atom. The molecule has 1 saturated heterocycles. The van der Waals surface area contributed by atoms with E-state index in [1.165, 1.54) is 19.5 Å². The van der Waals surface area contributed by atoms with Gasteiger partial charge in [0.25, 0.3) is 17.1 Å². The van der Waals surface area contributed by atoms with Gasteiger partial charge in [-0.1, -0.05) is 6.07 Å². The van der Waals surface area contributed by atoms with Crippen LogP contribution >= 0.6 is 11.8 Å². The molecule has 1 aromatic carbocycles. The van der Waals surface area contributed by atoms with E-state index in [-0.39, 0.29) is 24.2 Å². The lowest BCUT2D eigenvalue weighted by Crippen LogP contribution is -2.37. The first-order valence-corrected chi connectivity index (χ1v) is 10.1. The third-order valence-electron chi connectivity index (χ3n) is 4.22. The number of aromatic nitrogens is 1. The van der Waals surface area contributed by atoms with Crippen molar-refractivity contribution in [2.45, 2.75) is 6.92 Å². The molecule has 0 saturated carbocycles. The summed E-state index contributed by atoms with van der Waals surface area (Å²) in [5.74, 6) is 0.469. The van der Waals surface area contributed by atoms with Gasteiger partial charge >= 0.3 is 0 Å². The highest BCUT2D eigenvalue weighted by Crippen LogP contribution is 2.34. The molecule has 0 atom stereocenters. The molecule has 0 radical (unpaired) electrons. The summed E-state index contributed by atoms with van der Waals surface area (Å²) in [4.78, 5) is 42.2. The molecule has 1 fully saturated rings. The van der Waals surface area contributed by atoms with Gasteiger partial charge < -0.3 is 14.8 Å². The predicted octanol–water partition coefficient (Wildman–Crippen LogP) is 2.96. The third kappa shape index (κ3) is 4.98. The molecule has 3 rings (SSSR count). The van der Waals surface area contributed by atoms with E-state index in [1.54, 1.807) is 36.4 Å². The molecule has 0 unspecified atom stereocenters. The van der Waals surface area contributed by atoms with E-state index in [0.29, 0.717) is 34.1 Å². The van der Waals surface area contributed by atoms with E-state index < -0.39 is 5.91 Å². The van der Waals surface area contributed by atoms with Crippen molar-refractivity contribution in [2.24, 2.45) is 0 Å². The van der Waals surface area contributed by atoms with Crippen molar-refractivity contribution in [1.29, 1.82) is 0 Å². The monoisotopic (exact) mass is 427 g/mol. The molecular weight excluding hydrogens is 406 g/mol. The first-order valence-electron chi connectivity index (χ1n) is 9.28. The van der Waals surface area contributed by atoms with E-state index in [9.17, 15) is 14.4 Å². The van der Waals surface area contributed by atoms with Crippen molar-refractivity contribution < 1.29 is 23.9 Å². The number of hydrogen-bond acceptors (Lipinski definition) is 7. The molecule has 0 bridgehead atoms. The number of methoxy groups -OCH3 is 1. The zero-order valence-corrected chi connectivity index (χ0v) is 17.4. The van der Waals surface area contributed by atoms with Gasteiger partial charge in [0.2, 0.25) is 0 Å². The predicted molar refractivity (Wildman–Crippen MR) is 113 cm³/mol. The number of imide groups is 1. The lowest BCUT2D eigenvalue weighted by atomic mass is 10.2. The van der Waals surface area contributed by atoms with Crippen LogP contribution in [0.15, 0.2) is 47.6 Å². The number of nitrogens with zero attached hydrogens (tertiary/aromatic N) is 2. The fourth-order valence-corrected chi connectivity index (χ4v) is 3.64. The van der Waals surface area contributed by atoms with Gasteiger partial charge in [0.15, 0.2) is 11.5 Å². The van der Waals surface area contributed by atoms with Crippen LogP contribution in [0.1, 0.15) is 22.8 Å². The number of carbonyl (C=O) groups excluding carboxylic acids is 3. The Morgan fingerprint density at radius 3 is 2.67 bits per heavy atom. The average Bonchev–Trinajstić information content (AvgIpc) is 3.02. The van der Waals surface area contributed by atoms with E-state index in [1.807, 2.05) is 6.92 Å². The Hall–Kier alpha value is -3.33. The fourth-order valence-electron chi connectivity index (χ4n) is 2.78. The SMILES string of the molecule is CCOc1ccc(C=C2SC(=O)N(CCNC(=O)c3ccncc3)C2=O)cc1OC. The molecule has 30 heavy (non-hydrogen) atoms. The number of thioether (sulfide) groups is 1. The lowest BCUT2D eigenvalue weighted by Gasteiger charge is -2.13. The molecule has 0 spiro atoms. The lowest BCUT2D eigenvalue weighted by molar-refractivity contribution is -0.122. The Kier molecular flexibility index (Phi) is 7.08. The van der Waals surface area contributed by atoms with Gasteiger partial charge in [0.05, 0.1) is 18.6 Å². The van der Waals surface area contributed by atoms with Crippen molar-refractivity contribution in [1.82, 2.24) is 15.2 Å². The van der Waals surface area contributed by atoms with Crippen LogP contribution in [0.3, 0.4) is 0 Å². The van der Waals surface area contributed by atoms with Crippen molar-refractivity contribution in [3.05, 3.63) is 58.8 Å². The van der Waals surface area contributed by atoms with Crippen LogP contribution in [-0.2, 0) is 4.79 Å². The van der Waals surface area contributed by atoms with Crippen LogP contribution in [0.4, 0.5) is 4.79 Å². The van der Waals surface area contributed by atoms with E-state index in [4.69, 9.17) is 9.47 Å². The minimum absolute atomic E-state index is 0.0887. The number of nitrogens with one attached hydrogen (secondary N) is 1. The van der Waals surface area contributed by atoms with Gasteiger partial charge in [-0.2, -0.15) is 0 Å². The van der Waals surface area contributed by atoms with Crippen LogP contribution in [0.5, 0.6) is 11.5 Å². The number of rotatable bonds is 8. The van der Waals surface area contributed by atoms with Crippen LogP contribution in [0.25, 0.3) is 6.08 Å². The quantitative estimate of drug-likeness (QED) is 0.647. The molecule has 8 nitrogen and oxygen atoms in total. The van der Waals surface area contributed by atoms with Crippen molar-refractivity contribution in [3.8, 4) is 11.5 Å². The second kappa shape index (κ2) is 9.93. The summed E-state index contributed by atoms with van der Waals surface area (Å²) in [6.45, 7) is 2.63. The highest BCUT2D eigenvalue weighted by atomic mass is 32.2. The topological polar surface area (TPSA) is 97.8 Å². The molecule has 3 amide bonds. The molecule has 2 aromatic rings. The smallest absolute Gasteiger partial charge is 0.293 e. The van der Waals surface area contributed by atoms with E-state index in [2.05, 4.69) is 10.3 Å².